The highest BCUT2D eigenvalue weighted by Crippen LogP contribution is 2.33. The van der Waals surface area contributed by atoms with E-state index >= 15 is 0 Å². The molecule has 4 aromatic rings. The summed E-state index contributed by atoms with van der Waals surface area (Å²) in [6, 6.07) is 33.8. The van der Waals surface area contributed by atoms with Crippen LogP contribution in [0.5, 0.6) is 0 Å². The zero-order valence-electron chi connectivity index (χ0n) is 20.0. The van der Waals surface area contributed by atoms with Gasteiger partial charge in [0.05, 0.1) is 16.4 Å². The van der Waals surface area contributed by atoms with E-state index in [1.54, 1.807) is 24.3 Å². The SMILES string of the molecule is O=C(OC[C@@H]1SC[C@@H](F)[C@@H]1OC(=O)c1ccc(-c2ccccc2)cc1)c1ccc(-c2ccccc2)cc1. The molecule has 4 aromatic carbocycles. The first kappa shape index (κ1) is 24.8. The molecule has 0 aliphatic carbocycles. The molecule has 0 saturated carbocycles. The smallest absolute Gasteiger partial charge is 0.338 e. The second-order valence-corrected chi connectivity index (χ2v) is 10.0. The molecule has 1 fully saturated rings. The molecule has 0 bridgehead atoms. The minimum Gasteiger partial charge on any atom is -0.461 e. The summed E-state index contributed by atoms with van der Waals surface area (Å²) in [5, 5.41) is -0.477. The van der Waals surface area contributed by atoms with E-state index in [1.165, 1.54) is 11.8 Å². The molecule has 0 spiro atoms. The van der Waals surface area contributed by atoms with Crippen molar-refractivity contribution in [3.8, 4) is 22.3 Å². The monoisotopic (exact) mass is 512 g/mol. The Labute approximate surface area is 219 Å². The van der Waals surface area contributed by atoms with Gasteiger partial charge < -0.3 is 9.47 Å². The molecule has 1 aliphatic heterocycles. The summed E-state index contributed by atoms with van der Waals surface area (Å²) in [5.74, 6) is -0.912. The maximum Gasteiger partial charge on any atom is 0.338 e. The van der Waals surface area contributed by atoms with Crippen molar-refractivity contribution in [3.05, 3.63) is 120 Å². The number of rotatable bonds is 7. The van der Waals surface area contributed by atoms with Gasteiger partial charge in [-0.05, 0) is 46.5 Å². The third-order valence-electron chi connectivity index (χ3n) is 6.27. The van der Waals surface area contributed by atoms with Gasteiger partial charge in [-0.25, -0.2) is 14.0 Å². The second-order valence-electron chi connectivity index (χ2n) is 8.74. The van der Waals surface area contributed by atoms with E-state index in [0.29, 0.717) is 11.1 Å². The van der Waals surface area contributed by atoms with Gasteiger partial charge in [-0.3, -0.25) is 0 Å². The Bertz CT molecular complexity index is 1340. The fourth-order valence-electron chi connectivity index (χ4n) is 4.22. The van der Waals surface area contributed by atoms with Gasteiger partial charge in [0.1, 0.15) is 18.9 Å². The van der Waals surface area contributed by atoms with Gasteiger partial charge in [-0.1, -0.05) is 84.9 Å². The number of ether oxygens (including phenoxy) is 2. The zero-order valence-corrected chi connectivity index (χ0v) is 20.8. The maximum atomic E-state index is 14.6. The lowest BCUT2D eigenvalue weighted by atomic mass is 10.0. The van der Waals surface area contributed by atoms with Crippen LogP contribution in [0.1, 0.15) is 20.7 Å². The van der Waals surface area contributed by atoms with Crippen LogP contribution in [0.4, 0.5) is 4.39 Å². The summed E-state index contributed by atoms with van der Waals surface area (Å²) in [7, 11) is 0. The van der Waals surface area contributed by atoms with Gasteiger partial charge >= 0.3 is 11.9 Å². The molecule has 1 heterocycles. The second kappa shape index (κ2) is 11.4. The number of halogens is 1. The molecule has 1 saturated heterocycles. The van der Waals surface area contributed by atoms with Crippen molar-refractivity contribution in [3.63, 3.8) is 0 Å². The Kier molecular flexibility index (Phi) is 7.66. The lowest BCUT2D eigenvalue weighted by Crippen LogP contribution is -2.35. The highest BCUT2D eigenvalue weighted by Gasteiger charge is 2.41. The molecule has 5 rings (SSSR count). The van der Waals surface area contributed by atoms with Crippen molar-refractivity contribution in [2.24, 2.45) is 0 Å². The van der Waals surface area contributed by atoms with Crippen LogP contribution in [0.15, 0.2) is 109 Å². The Morgan fingerprint density at radius 1 is 0.676 bits per heavy atom. The van der Waals surface area contributed by atoms with E-state index in [9.17, 15) is 14.0 Å². The normalized spacial score (nSPS) is 18.8. The van der Waals surface area contributed by atoms with Crippen LogP contribution in [0.3, 0.4) is 0 Å². The molecule has 186 valence electrons. The number of alkyl halides is 1. The molecule has 1 aliphatic rings. The van der Waals surface area contributed by atoms with Crippen molar-refractivity contribution < 1.29 is 23.5 Å². The number of carbonyl (C=O) groups excluding carboxylic acids is 2. The van der Waals surface area contributed by atoms with Crippen LogP contribution >= 0.6 is 11.8 Å². The average molecular weight is 513 g/mol. The lowest BCUT2D eigenvalue weighted by molar-refractivity contribution is 0.00476. The molecular weight excluding hydrogens is 487 g/mol. The Balaban J connectivity index is 1.18. The molecule has 37 heavy (non-hydrogen) atoms. The summed E-state index contributed by atoms with van der Waals surface area (Å²) < 4.78 is 25.6. The molecule has 0 N–H and O–H groups in total. The number of hydrogen-bond acceptors (Lipinski definition) is 5. The third kappa shape index (κ3) is 5.92. The van der Waals surface area contributed by atoms with Gasteiger partial charge in [-0.2, -0.15) is 0 Å². The summed E-state index contributed by atoms with van der Waals surface area (Å²) >= 11 is 1.30. The first-order valence-corrected chi connectivity index (χ1v) is 13.1. The average Bonchev–Trinajstić information content (AvgIpc) is 3.31. The van der Waals surface area contributed by atoms with Gasteiger partial charge in [-0.15, -0.1) is 11.8 Å². The minimum atomic E-state index is -1.33. The summed E-state index contributed by atoms with van der Waals surface area (Å²) in [4.78, 5) is 25.3. The highest BCUT2D eigenvalue weighted by molar-refractivity contribution is 8.00. The molecule has 4 nitrogen and oxygen atoms in total. The van der Waals surface area contributed by atoms with Crippen molar-refractivity contribution >= 4 is 23.7 Å². The Morgan fingerprint density at radius 2 is 1.14 bits per heavy atom. The molecule has 0 aromatic heterocycles. The lowest BCUT2D eigenvalue weighted by Gasteiger charge is -2.20. The predicted octanol–water partition coefficient (Wildman–Crippen LogP) is 6.86. The van der Waals surface area contributed by atoms with Gasteiger partial charge in [0.2, 0.25) is 0 Å². The van der Waals surface area contributed by atoms with Gasteiger partial charge in [0, 0.05) is 5.75 Å². The van der Waals surface area contributed by atoms with Crippen LogP contribution in [0.2, 0.25) is 0 Å². The molecule has 0 unspecified atom stereocenters. The molecule has 0 radical (unpaired) electrons. The van der Waals surface area contributed by atoms with Crippen LogP contribution in [0, 0.1) is 0 Å². The fraction of sp³-hybridized carbons (Fsp3) is 0.161. The maximum absolute atomic E-state index is 14.6. The summed E-state index contributed by atoms with van der Waals surface area (Å²) in [6.45, 7) is -0.0464. The Hall–Kier alpha value is -3.90. The highest BCUT2D eigenvalue weighted by atomic mass is 32.2. The Morgan fingerprint density at radius 3 is 1.65 bits per heavy atom. The molecule has 6 heteroatoms. The van der Waals surface area contributed by atoms with Crippen molar-refractivity contribution in [2.45, 2.75) is 17.5 Å². The fourth-order valence-corrected chi connectivity index (χ4v) is 5.42. The standard InChI is InChI=1S/C31H25FO4S/c32-27-20-37-28(19-35-30(33)25-15-11-23(12-16-25)21-7-3-1-4-8-21)29(27)36-31(34)26-17-13-24(14-18-26)22-9-5-2-6-10-22/h1-18,27-29H,19-20H2/t27-,28+,29+/m1/s1. The van der Waals surface area contributed by atoms with Gasteiger partial charge in [0.15, 0.2) is 0 Å². The summed E-state index contributed by atoms with van der Waals surface area (Å²) in [6.07, 6.45) is -2.31. The van der Waals surface area contributed by atoms with Crippen molar-refractivity contribution in [1.82, 2.24) is 0 Å². The number of esters is 2. The van der Waals surface area contributed by atoms with Crippen LogP contribution in [-0.4, -0.2) is 41.8 Å². The van der Waals surface area contributed by atoms with E-state index in [2.05, 4.69) is 0 Å². The first-order chi connectivity index (χ1) is 18.1. The number of benzene rings is 4. The van der Waals surface area contributed by atoms with Crippen LogP contribution < -0.4 is 0 Å². The number of carbonyl (C=O) groups is 2. The van der Waals surface area contributed by atoms with Crippen molar-refractivity contribution in [1.29, 1.82) is 0 Å². The number of hydrogen-bond donors (Lipinski definition) is 0. The third-order valence-corrected chi connectivity index (χ3v) is 7.61. The molecule has 0 amide bonds. The molecular formula is C31H25FO4S. The quantitative estimate of drug-likeness (QED) is 0.253. The van der Waals surface area contributed by atoms with E-state index in [-0.39, 0.29) is 12.4 Å². The summed E-state index contributed by atoms with van der Waals surface area (Å²) in [5.41, 5.74) is 4.81. The van der Waals surface area contributed by atoms with Crippen molar-refractivity contribution in [2.75, 3.05) is 12.4 Å². The van der Waals surface area contributed by atoms with E-state index < -0.39 is 29.5 Å². The molecule has 3 atom stereocenters. The zero-order chi connectivity index (χ0) is 25.6. The largest absolute Gasteiger partial charge is 0.461 e. The topological polar surface area (TPSA) is 52.6 Å². The van der Waals surface area contributed by atoms with Gasteiger partial charge in [0.25, 0.3) is 0 Å². The van der Waals surface area contributed by atoms with E-state index in [1.807, 2.05) is 84.9 Å². The van der Waals surface area contributed by atoms with E-state index in [4.69, 9.17) is 9.47 Å². The number of thioether (sulfide) groups is 1. The minimum absolute atomic E-state index is 0.0464. The van der Waals surface area contributed by atoms with Crippen LogP contribution in [0.25, 0.3) is 22.3 Å². The van der Waals surface area contributed by atoms with Crippen LogP contribution in [-0.2, 0) is 9.47 Å². The van der Waals surface area contributed by atoms with E-state index in [0.717, 1.165) is 22.3 Å². The first-order valence-electron chi connectivity index (χ1n) is 12.0. The predicted molar refractivity (Wildman–Crippen MR) is 144 cm³/mol.